The van der Waals surface area contributed by atoms with E-state index in [1.165, 1.54) is 6.42 Å². The van der Waals surface area contributed by atoms with Gasteiger partial charge in [-0.15, -0.1) is 0 Å². The monoisotopic (exact) mass is 308 g/mol. The highest BCUT2D eigenvalue weighted by atomic mass is 35.5. The van der Waals surface area contributed by atoms with Crippen molar-refractivity contribution >= 4 is 23.2 Å². The molecule has 1 aliphatic carbocycles. The topological polar surface area (TPSA) is 64.3 Å². The summed E-state index contributed by atoms with van der Waals surface area (Å²) in [6.45, 7) is 4.56. The first-order chi connectivity index (χ1) is 9.95. The molecular formula is C16H21ClN2O2. The minimum Gasteiger partial charge on any atom is -0.489 e. The van der Waals surface area contributed by atoms with Gasteiger partial charge in [-0.1, -0.05) is 25.4 Å². The third kappa shape index (κ3) is 2.74. The molecule has 0 bridgehead atoms. The Morgan fingerprint density at radius 1 is 1.29 bits per heavy atom. The highest BCUT2D eigenvalue weighted by Crippen LogP contribution is 2.39. The largest absolute Gasteiger partial charge is 0.489 e. The normalized spacial score (nSPS) is 31.7. The van der Waals surface area contributed by atoms with Crippen LogP contribution in [0.3, 0.4) is 0 Å². The lowest BCUT2D eigenvalue weighted by molar-refractivity contribution is -0.116. The number of anilines is 1. The van der Waals surface area contributed by atoms with Gasteiger partial charge in [0, 0.05) is 17.3 Å². The fourth-order valence-electron chi connectivity index (χ4n) is 3.16. The standard InChI is InChI=1S/C16H21ClN2O2/c1-8-3-4-10(5-9(8)2)21-14-7-13-11(6-12(14)17)15(18)16(20)19-13/h6-10,15H,3-5,18H2,1-2H3,(H,19,20). The van der Waals surface area contributed by atoms with E-state index in [2.05, 4.69) is 19.2 Å². The zero-order valence-corrected chi connectivity index (χ0v) is 13.1. The number of amides is 1. The molecule has 3 N–H and O–H groups in total. The molecule has 0 radical (unpaired) electrons. The van der Waals surface area contributed by atoms with Gasteiger partial charge in [0.25, 0.3) is 0 Å². The summed E-state index contributed by atoms with van der Waals surface area (Å²) >= 11 is 6.29. The van der Waals surface area contributed by atoms with Crippen molar-refractivity contribution in [2.75, 3.05) is 5.32 Å². The Balaban J connectivity index is 1.78. The second-order valence-corrected chi connectivity index (χ2v) is 6.75. The Labute approximate surface area is 130 Å². The van der Waals surface area contributed by atoms with Crippen LogP contribution in [-0.4, -0.2) is 12.0 Å². The van der Waals surface area contributed by atoms with E-state index in [4.69, 9.17) is 22.1 Å². The van der Waals surface area contributed by atoms with Crippen molar-refractivity contribution in [1.29, 1.82) is 0 Å². The van der Waals surface area contributed by atoms with Crippen molar-refractivity contribution in [3.05, 3.63) is 22.7 Å². The molecule has 1 amide bonds. The lowest BCUT2D eigenvalue weighted by Crippen LogP contribution is -2.28. The number of nitrogens with one attached hydrogen (secondary N) is 1. The maximum atomic E-state index is 11.6. The number of rotatable bonds is 2. The Morgan fingerprint density at radius 2 is 2.05 bits per heavy atom. The van der Waals surface area contributed by atoms with Crippen LogP contribution in [0.5, 0.6) is 5.75 Å². The minimum absolute atomic E-state index is 0.192. The third-order valence-corrected chi connectivity index (χ3v) is 5.12. The fourth-order valence-corrected chi connectivity index (χ4v) is 3.38. The van der Waals surface area contributed by atoms with Crippen molar-refractivity contribution in [2.45, 2.75) is 45.3 Å². The van der Waals surface area contributed by atoms with Crippen LogP contribution in [0, 0.1) is 11.8 Å². The predicted molar refractivity (Wildman–Crippen MR) is 83.6 cm³/mol. The first-order valence-electron chi connectivity index (χ1n) is 7.52. The molecule has 3 rings (SSSR count). The smallest absolute Gasteiger partial charge is 0.245 e. The number of hydrogen-bond acceptors (Lipinski definition) is 3. The number of hydrogen-bond donors (Lipinski definition) is 2. The van der Waals surface area contributed by atoms with Gasteiger partial charge in [-0.05, 0) is 37.2 Å². The van der Waals surface area contributed by atoms with Crippen molar-refractivity contribution < 1.29 is 9.53 Å². The van der Waals surface area contributed by atoms with Gasteiger partial charge in [0.05, 0.1) is 11.1 Å². The summed E-state index contributed by atoms with van der Waals surface area (Å²) in [4.78, 5) is 11.6. The van der Waals surface area contributed by atoms with Crippen molar-refractivity contribution in [3.8, 4) is 5.75 Å². The number of halogens is 1. The summed E-state index contributed by atoms with van der Waals surface area (Å²) < 4.78 is 6.08. The molecule has 1 aromatic rings. The molecule has 1 aromatic carbocycles. The second-order valence-electron chi connectivity index (χ2n) is 6.34. The second kappa shape index (κ2) is 5.50. The highest BCUT2D eigenvalue weighted by molar-refractivity contribution is 6.32. The van der Waals surface area contributed by atoms with Gasteiger partial charge in [-0.25, -0.2) is 0 Å². The average molecular weight is 309 g/mol. The predicted octanol–water partition coefficient (Wildman–Crippen LogP) is 3.50. The Morgan fingerprint density at radius 3 is 2.76 bits per heavy atom. The van der Waals surface area contributed by atoms with Gasteiger partial charge in [0.1, 0.15) is 11.8 Å². The van der Waals surface area contributed by atoms with E-state index in [9.17, 15) is 4.79 Å². The number of nitrogens with two attached hydrogens (primary N) is 1. The van der Waals surface area contributed by atoms with Gasteiger partial charge in [0.15, 0.2) is 0 Å². The number of carbonyl (C=O) groups excluding carboxylic acids is 1. The lowest BCUT2D eigenvalue weighted by atomic mass is 9.80. The molecular weight excluding hydrogens is 288 g/mol. The molecule has 0 aromatic heterocycles. The third-order valence-electron chi connectivity index (χ3n) is 4.82. The lowest BCUT2D eigenvalue weighted by Gasteiger charge is -2.32. The molecule has 0 saturated heterocycles. The Kier molecular flexibility index (Phi) is 3.84. The molecule has 1 aliphatic heterocycles. The molecule has 21 heavy (non-hydrogen) atoms. The van der Waals surface area contributed by atoms with Crippen molar-refractivity contribution in [3.63, 3.8) is 0 Å². The van der Waals surface area contributed by atoms with Crippen LogP contribution < -0.4 is 15.8 Å². The van der Waals surface area contributed by atoms with Gasteiger partial charge in [-0.3, -0.25) is 4.79 Å². The average Bonchev–Trinajstić information content (AvgIpc) is 2.70. The number of carbonyl (C=O) groups is 1. The summed E-state index contributed by atoms with van der Waals surface area (Å²) in [5.74, 6) is 1.85. The zero-order chi connectivity index (χ0) is 15.1. The summed E-state index contributed by atoms with van der Waals surface area (Å²) in [6, 6.07) is 2.90. The van der Waals surface area contributed by atoms with Gasteiger partial charge >= 0.3 is 0 Å². The molecule has 114 valence electrons. The SMILES string of the molecule is CC1CCC(Oc2cc3c(cc2Cl)C(N)C(=O)N3)CC1C. The Bertz CT molecular complexity index is 576. The van der Waals surface area contributed by atoms with Crippen LogP contribution in [0.4, 0.5) is 5.69 Å². The highest BCUT2D eigenvalue weighted by Gasteiger charge is 2.30. The van der Waals surface area contributed by atoms with E-state index in [0.29, 0.717) is 22.4 Å². The van der Waals surface area contributed by atoms with Crippen LogP contribution in [0.15, 0.2) is 12.1 Å². The van der Waals surface area contributed by atoms with Crippen LogP contribution in [0.25, 0.3) is 0 Å². The van der Waals surface area contributed by atoms with E-state index < -0.39 is 6.04 Å². The van der Waals surface area contributed by atoms with Gasteiger partial charge in [0.2, 0.25) is 5.91 Å². The molecule has 1 saturated carbocycles. The molecule has 4 nitrogen and oxygen atoms in total. The van der Waals surface area contributed by atoms with Gasteiger partial charge in [-0.2, -0.15) is 0 Å². The maximum Gasteiger partial charge on any atom is 0.245 e. The van der Waals surface area contributed by atoms with Gasteiger partial charge < -0.3 is 15.8 Å². The van der Waals surface area contributed by atoms with Crippen molar-refractivity contribution in [1.82, 2.24) is 0 Å². The van der Waals surface area contributed by atoms with Crippen LogP contribution >= 0.6 is 11.6 Å². The number of fused-ring (bicyclic) bond motifs is 1. The van der Waals surface area contributed by atoms with E-state index in [1.54, 1.807) is 12.1 Å². The molecule has 2 aliphatic rings. The van der Waals surface area contributed by atoms with E-state index >= 15 is 0 Å². The molecule has 1 heterocycles. The Hall–Kier alpha value is -1.26. The molecule has 4 unspecified atom stereocenters. The molecule has 1 fully saturated rings. The number of ether oxygens (including phenoxy) is 1. The maximum absolute atomic E-state index is 11.6. The summed E-state index contributed by atoms with van der Waals surface area (Å²) in [7, 11) is 0. The van der Waals surface area contributed by atoms with Crippen LogP contribution in [0.1, 0.15) is 44.7 Å². The summed E-state index contributed by atoms with van der Waals surface area (Å²) in [6.07, 6.45) is 3.46. The first-order valence-corrected chi connectivity index (χ1v) is 7.90. The first kappa shape index (κ1) is 14.7. The van der Waals surface area contributed by atoms with Crippen LogP contribution in [-0.2, 0) is 4.79 Å². The van der Waals surface area contributed by atoms with Crippen LogP contribution in [0.2, 0.25) is 5.02 Å². The molecule has 4 atom stereocenters. The number of benzene rings is 1. The van der Waals surface area contributed by atoms with E-state index in [1.807, 2.05) is 0 Å². The van der Waals surface area contributed by atoms with Crippen molar-refractivity contribution in [2.24, 2.45) is 17.6 Å². The fraction of sp³-hybridized carbons (Fsp3) is 0.562. The quantitative estimate of drug-likeness (QED) is 0.879. The van der Waals surface area contributed by atoms with E-state index in [-0.39, 0.29) is 12.0 Å². The summed E-state index contributed by atoms with van der Waals surface area (Å²) in [5.41, 5.74) is 7.27. The molecule has 5 heteroatoms. The summed E-state index contributed by atoms with van der Waals surface area (Å²) in [5, 5.41) is 3.29. The van der Waals surface area contributed by atoms with E-state index in [0.717, 1.165) is 24.3 Å². The zero-order valence-electron chi connectivity index (χ0n) is 12.4. The molecule has 0 spiro atoms. The minimum atomic E-state index is -0.637.